The lowest BCUT2D eigenvalue weighted by Crippen LogP contribution is -2.12. The number of phenolic OH excluding ortho intramolecular Hbond substituents is 1. The molecule has 0 atom stereocenters. The molecule has 0 fully saturated rings. The van der Waals surface area contributed by atoms with E-state index in [0.717, 1.165) is 5.39 Å². The number of rotatable bonds is 2. The molecule has 1 aromatic heterocycles. The standard InChI is InChI=1S/C16H12N2O2/c19-15-8-2-5-12-13(15)6-1-7-14(12)18-16(20)11-4-3-9-17-10-11/h1-10,19H,(H,18,20). The molecule has 2 N–H and O–H groups in total. The number of fused-ring (bicyclic) bond motifs is 1. The third-order valence-electron chi connectivity index (χ3n) is 3.07. The zero-order valence-electron chi connectivity index (χ0n) is 10.6. The Morgan fingerprint density at radius 2 is 1.80 bits per heavy atom. The quantitative estimate of drug-likeness (QED) is 0.747. The Labute approximate surface area is 115 Å². The molecule has 3 rings (SSSR count). The zero-order valence-corrected chi connectivity index (χ0v) is 10.6. The van der Waals surface area contributed by atoms with Crippen LogP contribution < -0.4 is 5.32 Å². The van der Waals surface area contributed by atoms with Crippen LogP contribution in [0.2, 0.25) is 0 Å². The Bertz CT molecular complexity index is 770. The highest BCUT2D eigenvalue weighted by atomic mass is 16.3. The largest absolute Gasteiger partial charge is 0.507 e. The number of benzene rings is 2. The van der Waals surface area contributed by atoms with Crippen LogP contribution in [-0.4, -0.2) is 16.0 Å². The molecule has 0 aliphatic heterocycles. The molecule has 98 valence electrons. The highest BCUT2D eigenvalue weighted by Crippen LogP contribution is 2.29. The van der Waals surface area contributed by atoms with E-state index in [9.17, 15) is 9.90 Å². The fourth-order valence-corrected chi connectivity index (χ4v) is 2.09. The van der Waals surface area contributed by atoms with Gasteiger partial charge in [0.2, 0.25) is 0 Å². The van der Waals surface area contributed by atoms with Gasteiger partial charge in [0.15, 0.2) is 0 Å². The first-order valence-electron chi connectivity index (χ1n) is 6.18. The number of hydrogen-bond donors (Lipinski definition) is 2. The Morgan fingerprint density at radius 1 is 1.00 bits per heavy atom. The molecule has 0 unspecified atom stereocenters. The number of phenols is 1. The molecular weight excluding hydrogens is 252 g/mol. The summed E-state index contributed by atoms with van der Waals surface area (Å²) in [4.78, 5) is 16.1. The molecule has 0 radical (unpaired) electrons. The minimum absolute atomic E-state index is 0.194. The van der Waals surface area contributed by atoms with Crippen LogP contribution in [0.3, 0.4) is 0 Å². The van der Waals surface area contributed by atoms with Gasteiger partial charge in [-0.1, -0.05) is 24.3 Å². The summed E-state index contributed by atoms with van der Waals surface area (Å²) in [5.41, 5.74) is 1.15. The number of aromatic hydroxyl groups is 1. The Kier molecular flexibility index (Phi) is 3.05. The van der Waals surface area contributed by atoms with E-state index in [2.05, 4.69) is 10.3 Å². The van der Waals surface area contributed by atoms with E-state index in [-0.39, 0.29) is 11.7 Å². The van der Waals surface area contributed by atoms with Crippen molar-refractivity contribution >= 4 is 22.4 Å². The van der Waals surface area contributed by atoms with Gasteiger partial charge in [-0.25, -0.2) is 0 Å². The van der Waals surface area contributed by atoms with Crippen LogP contribution in [0.25, 0.3) is 10.8 Å². The van der Waals surface area contributed by atoms with Crippen molar-refractivity contribution < 1.29 is 9.90 Å². The molecule has 0 aliphatic carbocycles. The lowest BCUT2D eigenvalue weighted by molar-refractivity contribution is 0.102. The third-order valence-corrected chi connectivity index (χ3v) is 3.07. The maximum Gasteiger partial charge on any atom is 0.257 e. The van der Waals surface area contributed by atoms with Crippen LogP contribution in [0.15, 0.2) is 60.9 Å². The van der Waals surface area contributed by atoms with Gasteiger partial charge in [0.1, 0.15) is 5.75 Å². The second-order valence-electron chi connectivity index (χ2n) is 4.37. The SMILES string of the molecule is O=C(Nc1cccc2c(O)cccc12)c1cccnc1. The highest BCUT2D eigenvalue weighted by Gasteiger charge is 2.09. The molecule has 1 amide bonds. The summed E-state index contributed by atoms with van der Waals surface area (Å²) in [6.45, 7) is 0. The summed E-state index contributed by atoms with van der Waals surface area (Å²) < 4.78 is 0. The molecule has 1 heterocycles. The summed E-state index contributed by atoms with van der Waals surface area (Å²) in [5, 5.41) is 14.2. The summed E-state index contributed by atoms with van der Waals surface area (Å²) in [5.74, 6) is -0.0334. The molecule has 0 aliphatic rings. The summed E-state index contributed by atoms with van der Waals surface area (Å²) in [7, 11) is 0. The molecule has 4 nitrogen and oxygen atoms in total. The van der Waals surface area contributed by atoms with Crippen LogP contribution in [0, 0.1) is 0 Å². The first kappa shape index (κ1) is 12.2. The first-order chi connectivity index (χ1) is 9.75. The number of amides is 1. The number of hydrogen-bond acceptors (Lipinski definition) is 3. The van der Waals surface area contributed by atoms with Crippen molar-refractivity contribution in [3.63, 3.8) is 0 Å². The molecule has 0 saturated carbocycles. The Balaban J connectivity index is 2.00. The second kappa shape index (κ2) is 5.01. The van der Waals surface area contributed by atoms with Gasteiger partial charge >= 0.3 is 0 Å². The van der Waals surface area contributed by atoms with Crippen molar-refractivity contribution in [3.8, 4) is 5.75 Å². The third kappa shape index (κ3) is 2.19. The van der Waals surface area contributed by atoms with Crippen molar-refractivity contribution in [1.82, 2.24) is 4.98 Å². The highest BCUT2D eigenvalue weighted by molar-refractivity contribution is 6.09. The molecule has 0 spiro atoms. The van der Waals surface area contributed by atoms with Crippen LogP contribution in [0.1, 0.15) is 10.4 Å². The monoisotopic (exact) mass is 264 g/mol. The van der Waals surface area contributed by atoms with Gasteiger partial charge < -0.3 is 10.4 Å². The van der Waals surface area contributed by atoms with E-state index >= 15 is 0 Å². The predicted octanol–water partition coefficient (Wildman–Crippen LogP) is 3.19. The van der Waals surface area contributed by atoms with E-state index in [1.807, 2.05) is 12.1 Å². The van der Waals surface area contributed by atoms with Crippen molar-refractivity contribution in [2.75, 3.05) is 5.32 Å². The number of carbonyl (C=O) groups excluding carboxylic acids is 1. The lowest BCUT2D eigenvalue weighted by atomic mass is 10.1. The Hall–Kier alpha value is -2.88. The minimum atomic E-state index is -0.228. The average molecular weight is 264 g/mol. The normalized spacial score (nSPS) is 10.4. The fourth-order valence-electron chi connectivity index (χ4n) is 2.09. The van der Waals surface area contributed by atoms with Gasteiger partial charge in [-0.15, -0.1) is 0 Å². The van der Waals surface area contributed by atoms with Gasteiger partial charge in [0.05, 0.1) is 5.56 Å². The number of nitrogens with zero attached hydrogens (tertiary/aromatic N) is 1. The van der Waals surface area contributed by atoms with Crippen molar-refractivity contribution in [2.24, 2.45) is 0 Å². The zero-order chi connectivity index (χ0) is 13.9. The number of anilines is 1. The molecule has 0 bridgehead atoms. The fraction of sp³-hybridized carbons (Fsp3) is 0. The molecular formula is C16H12N2O2. The van der Waals surface area contributed by atoms with E-state index in [1.54, 1.807) is 42.6 Å². The topological polar surface area (TPSA) is 62.2 Å². The van der Waals surface area contributed by atoms with E-state index in [1.165, 1.54) is 6.20 Å². The number of carbonyl (C=O) groups is 1. The first-order valence-corrected chi connectivity index (χ1v) is 6.18. The van der Waals surface area contributed by atoms with Crippen LogP contribution in [0.4, 0.5) is 5.69 Å². The van der Waals surface area contributed by atoms with Gasteiger partial charge in [0, 0.05) is 28.9 Å². The molecule has 0 saturated heterocycles. The van der Waals surface area contributed by atoms with Crippen molar-refractivity contribution in [3.05, 3.63) is 66.5 Å². The van der Waals surface area contributed by atoms with Crippen LogP contribution in [-0.2, 0) is 0 Å². The van der Waals surface area contributed by atoms with Crippen molar-refractivity contribution in [2.45, 2.75) is 0 Å². The molecule has 20 heavy (non-hydrogen) atoms. The van der Waals surface area contributed by atoms with Gasteiger partial charge in [0.25, 0.3) is 5.91 Å². The van der Waals surface area contributed by atoms with Gasteiger partial charge in [-0.2, -0.15) is 0 Å². The molecule has 2 aromatic carbocycles. The summed E-state index contributed by atoms with van der Waals surface area (Å²) in [6.07, 6.45) is 3.13. The Morgan fingerprint density at radius 3 is 2.60 bits per heavy atom. The maximum absolute atomic E-state index is 12.1. The van der Waals surface area contributed by atoms with Gasteiger partial charge in [-0.05, 0) is 24.3 Å². The van der Waals surface area contributed by atoms with E-state index in [0.29, 0.717) is 16.6 Å². The summed E-state index contributed by atoms with van der Waals surface area (Å²) >= 11 is 0. The minimum Gasteiger partial charge on any atom is -0.507 e. The van der Waals surface area contributed by atoms with Crippen LogP contribution >= 0.6 is 0 Å². The molecule has 4 heteroatoms. The van der Waals surface area contributed by atoms with Crippen molar-refractivity contribution in [1.29, 1.82) is 0 Å². The summed E-state index contributed by atoms with van der Waals surface area (Å²) in [6, 6.07) is 14.0. The number of pyridine rings is 1. The van der Waals surface area contributed by atoms with E-state index in [4.69, 9.17) is 0 Å². The maximum atomic E-state index is 12.1. The number of nitrogens with one attached hydrogen (secondary N) is 1. The molecule has 3 aromatic rings. The van der Waals surface area contributed by atoms with Gasteiger partial charge in [-0.3, -0.25) is 9.78 Å². The predicted molar refractivity (Wildman–Crippen MR) is 77.8 cm³/mol. The lowest BCUT2D eigenvalue weighted by Gasteiger charge is -2.09. The van der Waals surface area contributed by atoms with E-state index < -0.39 is 0 Å². The number of aromatic nitrogens is 1. The van der Waals surface area contributed by atoms with Crippen LogP contribution in [0.5, 0.6) is 5.75 Å². The average Bonchev–Trinajstić information content (AvgIpc) is 2.49. The second-order valence-corrected chi connectivity index (χ2v) is 4.37. The smallest absolute Gasteiger partial charge is 0.257 e.